The maximum atomic E-state index is 10.8. The number of nitro groups is 1. The van der Waals surface area contributed by atoms with Crippen molar-refractivity contribution in [1.29, 1.82) is 0 Å². The second-order valence-corrected chi connectivity index (χ2v) is 5.03. The second kappa shape index (κ2) is 6.85. The van der Waals surface area contributed by atoms with E-state index in [4.69, 9.17) is 5.73 Å². The van der Waals surface area contributed by atoms with Crippen molar-refractivity contribution in [1.82, 2.24) is 0 Å². The molecular formula is C16H19N3O2. The molecule has 0 fully saturated rings. The van der Waals surface area contributed by atoms with Gasteiger partial charge in [0, 0.05) is 17.2 Å². The normalized spacial score (nSPS) is 11.9. The molecular weight excluding hydrogens is 266 g/mol. The van der Waals surface area contributed by atoms with Crippen molar-refractivity contribution >= 4 is 5.69 Å². The summed E-state index contributed by atoms with van der Waals surface area (Å²) in [5, 5.41) is 10.8. The first kappa shape index (κ1) is 15.0. The molecule has 21 heavy (non-hydrogen) atoms. The summed E-state index contributed by atoms with van der Waals surface area (Å²) in [4.78, 5) is 12.2. The molecule has 0 aliphatic carbocycles. The molecule has 2 aromatic carbocycles. The Labute approximate surface area is 124 Å². The van der Waals surface area contributed by atoms with E-state index < -0.39 is 6.17 Å². The third-order valence-corrected chi connectivity index (χ3v) is 3.30. The Bertz CT molecular complexity index is 584. The van der Waals surface area contributed by atoms with Gasteiger partial charge in [0.05, 0.1) is 0 Å². The standard InChI is InChI=1S/C16H19N3O2/c1-13-7-9-15(10-8-13)18(16(17)12-19(20)21)11-14-5-3-2-4-6-14/h2-10,16H,11-12,17H2,1H3. The first-order chi connectivity index (χ1) is 10.1. The fraction of sp³-hybridized carbons (Fsp3) is 0.250. The van der Waals surface area contributed by atoms with E-state index in [2.05, 4.69) is 0 Å². The second-order valence-electron chi connectivity index (χ2n) is 5.03. The fourth-order valence-corrected chi connectivity index (χ4v) is 2.17. The van der Waals surface area contributed by atoms with Gasteiger partial charge < -0.3 is 10.6 Å². The molecule has 2 N–H and O–H groups in total. The number of nitrogens with two attached hydrogens (primary N) is 1. The van der Waals surface area contributed by atoms with Crippen molar-refractivity contribution in [2.75, 3.05) is 11.4 Å². The summed E-state index contributed by atoms with van der Waals surface area (Å²) >= 11 is 0. The third kappa shape index (κ3) is 4.29. The van der Waals surface area contributed by atoms with Gasteiger partial charge in [-0.3, -0.25) is 10.1 Å². The van der Waals surface area contributed by atoms with Crippen LogP contribution in [-0.4, -0.2) is 17.6 Å². The number of rotatable bonds is 6. The zero-order valence-electron chi connectivity index (χ0n) is 12.0. The molecule has 5 heteroatoms. The average molecular weight is 285 g/mol. The maximum absolute atomic E-state index is 10.8. The monoisotopic (exact) mass is 285 g/mol. The first-order valence-corrected chi connectivity index (χ1v) is 6.81. The fourth-order valence-electron chi connectivity index (χ4n) is 2.17. The quantitative estimate of drug-likeness (QED) is 0.503. The molecule has 1 unspecified atom stereocenters. The zero-order valence-corrected chi connectivity index (χ0v) is 12.0. The highest BCUT2D eigenvalue weighted by Gasteiger charge is 2.20. The van der Waals surface area contributed by atoms with Crippen molar-refractivity contribution in [3.8, 4) is 0 Å². The molecule has 0 radical (unpaired) electrons. The Morgan fingerprint density at radius 2 is 1.76 bits per heavy atom. The maximum Gasteiger partial charge on any atom is 0.236 e. The van der Waals surface area contributed by atoms with Crippen molar-refractivity contribution in [3.63, 3.8) is 0 Å². The number of hydrogen-bond donors (Lipinski definition) is 1. The van der Waals surface area contributed by atoms with Crippen molar-refractivity contribution in [2.45, 2.75) is 19.6 Å². The van der Waals surface area contributed by atoms with E-state index in [9.17, 15) is 10.1 Å². The lowest BCUT2D eigenvalue weighted by Gasteiger charge is -2.29. The van der Waals surface area contributed by atoms with E-state index in [1.54, 1.807) is 0 Å². The Morgan fingerprint density at radius 3 is 2.33 bits per heavy atom. The number of nitrogens with zero attached hydrogens (tertiary/aromatic N) is 2. The Balaban J connectivity index is 2.25. The van der Waals surface area contributed by atoms with Crippen LogP contribution in [0.1, 0.15) is 11.1 Å². The minimum atomic E-state index is -0.664. The van der Waals surface area contributed by atoms with Gasteiger partial charge in [-0.05, 0) is 24.6 Å². The van der Waals surface area contributed by atoms with Gasteiger partial charge in [-0.2, -0.15) is 0 Å². The predicted molar refractivity (Wildman–Crippen MR) is 83.6 cm³/mol. The summed E-state index contributed by atoms with van der Waals surface area (Å²) in [6.45, 7) is 2.25. The lowest BCUT2D eigenvalue weighted by Crippen LogP contribution is -2.46. The number of hydrogen-bond acceptors (Lipinski definition) is 4. The van der Waals surface area contributed by atoms with E-state index in [1.165, 1.54) is 0 Å². The third-order valence-electron chi connectivity index (χ3n) is 3.30. The van der Waals surface area contributed by atoms with Crippen LogP contribution in [0.2, 0.25) is 0 Å². The van der Waals surface area contributed by atoms with Crippen LogP contribution in [0.15, 0.2) is 54.6 Å². The van der Waals surface area contributed by atoms with Gasteiger partial charge in [-0.1, -0.05) is 48.0 Å². The largest absolute Gasteiger partial charge is 0.346 e. The SMILES string of the molecule is Cc1ccc(N(Cc2ccccc2)C(N)C[N+](=O)[O-])cc1. The topological polar surface area (TPSA) is 72.4 Å². The van der Waals surface area contributed by atoms with Crippen LogP contribution < -0.4 is 10.6 Å². The highest BCUT2D eigenvalue weighted by molar-refractivity contribution is 5.49. The predicted octanol–water partition coefficient (Wildman–Crippen LogP) is 2.56. The summed E-state index contributed by atoms with van der Waals surface area (Å²) in [6, 6.07) is 17.6. The van der Waals surface area contributed by atoms with E-state index >= 15 is 0 Å². The molecule has 0 heterocycles. The van der Waals surface area contributed by atoms with Crippen LogP contribution in [0.5, 0.6) is 0 Å². The number of anilines is 1. The Hall–Kier alpha value is -2.40. The summed E-state index contributed by atoms with van der Waals surface area (Å²) in [5.41, 5.74) is 9.12. The minimum Gasteiger partial charge on any atom is -0.346 e. The van der Waals surface area contributed by atoms with Gasteiger partial charge in [-0.25, -0.2) is 0 Å². The molecule has 2 rings (SSSR count). The highest BCUT2D eigenvalue weighted by Crippen LogP contribution is 2.19. The van der Waals surface area contributed by atoms with Gasteiger partial charge >= 0.3 is 0 Å². The van der Waals surface area contributed by atoms with E-state index in [0.29, 0.717) is 6.54 Å². The smallest absolute Gasteiger partial charge is 0.236 e. The van der Waals surface area contributed by atoms with Crippen LogP contribution >= 0.6 is 0 Å². The Morgan fingerprint density at radius 1 is 1.14 bits per heavy atom. The van der Waals surface area contributed by atoms with Crippen molar-refractivity contribution in [3.05, 3.63) is 75.8 Å². The van der Waals surface area contributed by atoms with E-state index in [-0.39, 0.29) is 11.5 Å². The first-order valence-electron chi connectivity index (χ1n) is 6.81. The highest BCUT2D eigenvalue weighted by atomic mass is 16.6. The number of aryl methyl sites for hydroxylation is 1. The molecule has 1 atom stereocenters. The van der Waals surface area contributed by atoms with Gasteiger partial charge in [0.1, 0.15) is 6.17 Å². The molecule has 5 nitrogen and oxygen atoms in total. The van der Waals surface area contributed by atoms with Crippen molar-refractivity contribution < 1.29 is 4.92 Å². The zero-order chi connectivity index (χ0) is 15.2. The van der Waals surface area contributed by atoms with Crippen molar-refractivity contribution in [2.24, 2.45) is 5.73 Å². The molecule has 0 aliphatic rings. The Kier molecular flexibility index (Phi) is 4.90. The molecule has 2 aromatic rings. The molecule has 0 aromatic heterocycles. The average Bonchev–Trinajstić information content (AvgIpc) is 2.46. The summed E-state index contributed by atoms with van der Waals surface area (Å²) < 4.78 is 0. The van der Waals surface area contributed by atoms with Gasteiger partial charge in [-0.15, -0.1) is 0 Å². The summed E-state index contributed by atoms with van der Waals surface area (Å²) in [6.07, 6.45) is -0.664. The van der Waals surface area contributed by atoms with E-state index in [0.717, 1.165) is 16.8 Å². The lowest BCUT2D eigenvalue weighted by molar-refractivity contribution is -0.482. The van der Waals surface area contributed by atoms with Crippen LogP contribution in [0.4, 0.5) is 5.69 Å². The summed E-state index contributed by atoms with van der Waals surface area (Å²) in [5.74, 6) is 0. The van der Waals surface area contributed by atoms with Crippen LogP contribution in [0, 0.1) is 17.0 Å². The van der Waals surface area contributed by atoms with Gasteiger partial charge in [0.2, 0.25) is 6.54 Å². The van der Waals surface area contributed by atoms with E-state index in [1.807, 2.05) is 66.4 Å². The molecule has 0 bridgehead atoms. The lowest BCUT2D eigenvalue weighted by atomic mass is 10.1. The van der Waals surface area contributed by atoms with Gasteiger partial charge in [0.15, 0.2) is 0 Å². The number of benzene rings is 2. The molecule has 0 aliphatic heterocycles. The molecule has 0 spiro atoms. The molecule has 0 saturated heterocycles. The van der Waals surface area contributed by atoms with Crippen LogP contribution in [0.3, 0.4) is 0 Å². The molecule has 110 valence electrons. The van der Waals surface area contributed by atoms with Crippen LogP contribution in [0.25, 0.3) is 0 Å². The van der Waals surface area contributed by atoms with Gasteiger partial charge in [0.25, 0.3) is 0 Å². The molecule has 0 saturated carbocycles. The summed E-state index contributed by atoms with van der Waals surface area (Å²) in [7, 11) is 0. The molecule has 0 amide bonds. The van der Waals surface area contributed by atoms with Crippen LogP contribution in [-0.2, 0) is 6.54 Å². The minimum absolute atomic E-state index is 0.291.